The summed E-state index contributed by atoms with van der Waals surface area (Å²) in [5.41, 5.74) is 2.12. The van der Waals surface area contributed by atoms with Crippen LogP contribution in [0.1, 0.15) is 34.9 Å². The summed E-state index contributed by atoms with van der Waals surface area (Å²) in [7, 11) is 1.63. The number of hydrogen-bond acceptors (Lipinski definition) is 5. The van der Waals surface area contributed by atoms with Gasteiger partial charge in [-0.2, -0.15) is 0 Å². The van der Waals surface area contributed by atoms with Crippen LogP contribution in [-0.2, 0) is 22.4 Å². The number of nitrogens with zero attached hydrogens (tertiary/aromatic N) is 2. The fourth-order valence-electron chi connectivity index (χ4n) is 4.74. The molecule has 1 aliphatic carbocycles. The number of rotatable bonds is 10. The van der Waals surface area contributed by atoms with Crippen LogP contribution in [-0.4, -0.2) is 55.0 Å². The van der Waals surface area contributed by atoms with E-state index in [2.05, 4.69) is 11.4 Å². The molecule has 1 fully saturated rings. The summed E-state index contributed by atoms with van der Waals surface area (Å²) >= 11 is 1.73. The number of hydrogen-bond donors (Lipinski definition) is 0. The van der Waals surface area contributed by atoms with Gasteiger partial charge < -0.3 is 19.3 Å². The Hall–Kier alpha value is -3.32. The number of methoxy groups -OCH3 is 1. The van der Waals surface area contributed by atoms with Crippen LogP contribution >= 0.6 is 11.3 Å². The number of amides is 2. The van der Waals surface area contributed by atoms with Gasteiger partial charge in [0.1, 0.15) is 18.1 Å². The van der Waals surface area contributed by atoms with Gasteiger partial charge in [0, 0.05) is 24.0 Å². The maximum atomic E-state index is 13.7. The molecule has 36 heavy (non-hydrogen) atoms. The van der Waals surface area contributed by atoms with Crippen molar-refractivity contribution in [1.82, 2.24) is 9.80 Å². The van der Waals surface area contributed by atoms with Crippen molar-refractivity contribution in [3.63, 3.8) is 0 Å². The standard InChI is InChI=1S/C29H32N2O4S/c1-34-23-8-5-9-24(17-23)35-20-26-25-13-15-36-27(25)12-14-31(26)29(33)19-30(18-22-10-11-22)28(32)16-21-6-3-2-4-7-21/h2-9,13,15,17,22,26H,10-12,14,16,18-20H2,1H3. The largest absolute Gasteiger partial charge is 0.497 e. The molecule has 1 aromatic heterocycles. The molecular weight excluding hydrogens is 472 g/mol. The molecule has 2 aromatic carbocycles. The fraction of sp³-hybridized carbons (Fsp3) is 0.379. The van der Waals surface area contributed by atoms with Crippen LogP contribution in [0.5, 0.6) is 11.5 Å². The van der Waals surface area contributed by atoms with E-state index < -0.39 is 0 Å². The lowest BCUT2D eigenvalue weighted by Crippen LogP contribution is -2.48. The van der Waals surface area contributed by atoms with Crippen molar-refractivity contribution in [2.24, 2.45) is 5.92 Å². The molecule has 2 aliphatic rings. The van der Waals surface area contributed by atoms with Crippen molar-refractivity contribution in [3.05, 3.63) is 82.0 Å². The van der Waals surface area contributed by atoms with E-state index in [1.807, 2.05) is 59.5 Å². The maximum absolute atomic E-state index is 13.7. The lowest BCUT2D eigenvalue weighted by atomic mass is 10.0. The molecule has 1 unspecified atom stereocenters. The zero-order chi connectivity index (χ0) is 24.9. The molecular formula is C29H32N2O4S. The van der Waals surface area contributed by atoms with E-state index in [-0.39, 0.29) is 24.4 Å². The Labute approximate surface area is 216 Å². The smallest absolute Gasteiger partial charge is 0.242 e. The van der Waals surface area contributed by atoms with Crippen LogP contribution < -0.4 is 9.47 Å². The van der Waals surface area contributed by atoms with Gasteiger partial charge in [0.05, 0.1) is 26.1 Å². The minimum atomic E-state index is -0.189. The monoisotopic (exact) mass is 504 g/mol. The molecule has 0 bridgehead atoms. The average Bonchev–Trinajstić information content (AvgIpc) is 3.59. The van der Waals surface area contributed by atoms with E-state index in [0.717, 1.165) is 36.1 Å². The highest BCUT2D eigenvalue weighted by Gasteiger charge is 2.35. The highest BCUT2D eigenvalue weighted by molar-refractivity contribution is 7.10. The number of carbonyl (C=O) groups excluding carboxylic acids is 2. The summed E-state index contributed by atoms with van der Waals surface area (Å²) in [6.07, 6.45) is 3.40. The molecule has 2 heterocycles. The van der Waals surface area contributed by atoms with Crippen LogP contribution in [0.15, 0.2) is 66.0 Å². The Morgan fingerprint density at radius 1 is 1.06 bits per heavy atom. The highest BCUT2D eigenvalue weighted by Crippen LogP contribution is 2.35. The minimum absolute atomic E-state index is 0.0128. The lowest BCUT2D eigenvalue weighted by Gasteiger charge is -2.37. The van der Waals surface area contributed by atoms with Crippen LogP contribution in [0.4, 0.5) is 0 Å². The van der Waals surface area contributed by atoms with E-state index in [4.69, 9.17) is 9.47 Å². The first-order chi connectivity index (χ1) is 17.6. The summed E-state index contributed by atoms with van der Waals surface area (Å²) in [4.78, 5) is 31.9. The summed E-state index contributed by atoms with van der Waals surface area (Å²) in [6.45, 7) is 1.74. The molecule has 188 valence electrons. The second kappa shape index (κ2) is 11.2. The molecule has 1 saturated carbocycles. The highest BCUT2D eigenvalue weighted by atomic mass is 32.1. The molecule has 1 atom stereocenters. The second-order valence-corrected chi connectivity index (χ2v) is 10.5. The molecule has 6 nitrogen and oxygen atoms in total. The zero-order valence-corrected chi connectivity index (χ0v) is 21.4. The van der Waals surface area contributed by atoms with Gasteiger partial charge in [-0.25, -0.2) is 0 Å². The van der Waals surface area contributed by atoms with Crippen LogP contribution in [0.25, 0.3) is 0 Å². The van der Waals surface area contributed by atoms with Crippen LogP contribution in [0.2, 0.25) is 0 Å². The number of ether oxygens (including phenoxy) is 2. The normalized spacial score (nSPS) is 16.8. The lowest BCUT2D eigenvalue weighted by molar-refractivity contribution is -0.142. The topological polar surface area (TPSA) is 59.1 Å². The Kier molecular flexibility index (Phi) is 7.56. The van der Waals surface area contributed by atoms with Crippen molar-refractivity contribution in [3.8, 4) is 11.5 Å². The quantitative estimate of drug-likeness (QED) is 0.400. The van der Waals surface area contributed by atoms with Gasteiger partial charge >= 0.3 is 0 Å². The van der Waals surface area contributed by atoms with E-state index in [1.165, 1.54) is 4.88 Å². The van der Waals surface area contributed by atoms with Crippen molar-refractivity contribution in [1.29, 1.82) is 0 Å². The molecule has 2 amide bonds. The average molecular weight is 505 g/mol. The predicted molar refractivity (Wildman–Crippen MR) is 140 cm³/mol. The van der Waals surface area contributed by atoms with Gasteiger partial charge in [0.15, 0.2) is 0 Å². The summed E-state index contributed by atoms with van der Waals surface area (Å²) in [5, 5.41) is 2.08. The van der Waals surface area contributed by atoms with E-state index in [1.54, 1.807) is 23.3 Å². The van der Waals surface area contributed by atoms with Crippen molar-refractivity contribution in [2.45, 2.75) is 31.7 Å². The first kappa shape index (κ1) is 24.4. The van der Waals surface area contributed by atoms with E-state index in [0.29, 0.717) is 37.8 Å². The first-order valence-corrected chi connectivity index (χ1v) is 13.4. The van der Waals surface area contributed by atoms with Crippen molar-refractivity contribution >= 4 is 23.2 Å². The van der Waals surface area contributed by atoms with Crippen molar-refractivity contribution < 1.29 is 19.1 Å². The number of fused-ring (bicyclic) bond motifs is 1. The number of thiophene rings is 1. The maximum Gasteiger partial charge on any atom is 0.242 e. The predicted octanol–water partition coefficient (Wildman–Crippen LogP) is 4.74. The van der Waals surface area contributed by atoms with E-state index >= 15 is 0 Å². The molecule has 0 spiro atoms. The molecule has 7 heteroatoms. The molecule has 5 rings (SSSR count). The summed E-state index contributed by atoms with van der Waals surface area (Å²) in [6, 6.07) is 19.2. The van der Waals surface area contributed by atoms with Gasteiger partial charge in [-0.1, -0.05) is 36.4 Å². The van der Waals surface area contributed by atoms with Crippen molar-refractivity contribution in [2.75, 3.05) is 33.4 Å². The summed E-state index contributed by atoms with van der Waals surface area (Å²) in [5.74, 6) is 1.94. The molecule has 0 N–H and O–H groups in total. The van der Waals surface area contributed by atoms with Gasteiger partial charge in [-0.15, -0.1) is 11.3 Å². The Morgan fingerprint density at radius 2 is 1.86 bits per heavy atom. The molecule has 0 saturated heterocycles. The van der Waals surface area contributed by atoms with Gasteiger partial charge in [0.2, 0.25) is 11.8 Å². The minimum Gasteiger partial charge on any atom is -0.497 e. The Bertz CT molecular complexity index is 1190. The zero-order valence-electron chi connectivity index (χ0n) is 20.6. The Balaban J connectivity index is 1.30. The third-order valence-corrected chi connectivity index (χ3v) is 7.91. The van der Waals surface area contributed by atoms with Crippen LogP contribution in [0.3, 0.4) is 0 Å². The SMILES string of the molecule is COc1cccc(OCC2c3ccsc3CCN2C(=O)CN(CC2CC2)C(=O)Cc2ccccc2)c1. The third-order valence-electron chi connectivity index (χ3n) is 6.92. The van der Waals surface area contributed by atoms with Gasteiger partial charge in [-0.05, 0) is 59.9 Å². The Morgan fingerprint density at radius 3 is 2.64 bits per heavy atom. The van der Waals surface area contributed by atoms with Gasteiger partial charge in [0.25, 0.3) is 0 Å². The molecule has 0 radical (unpaired) electrons. The molecule has 1 aliphatic heterocycles. The fourth-order valence-corrected chi connectivity index (χ4v) is 5.67. The third kappa shape index (κ3) is 5.90. The number of benzene rings is 2. The molecule has 3 aromatic rings. The van der Waals surface area contributed by atoms with E-state index in [9.17, 15) is 9.59 Å². The second-order valence-electron chi connectivity index (χ2n) is 9.52. The van der Waals surface area contributed by atoms with Gasteiger partial charge in [-0.3, -0.25) is 9.59 Å². The first-order valence-electron chi connectivity index (χ1n) is 12.5. The van der Waals surface area contributed by atoms with Crippen LogP contribution in [0, 0.1) is 5.92 Å². The summed E-state index contributed by atoms with van der Waals surface area (Å²) < 4.78 is 11.5. The number of carbonyl (C=O) groups is 2.